The van der Waals surface area contributed by atoms with E-state index in [1.165, 1.54) is 45.3 Å². The quantitative estimate of drug-likeness (QED) is 0.379. The van der Waals surface area contributed by atoms with Crippen LogP contribution >= 0.6 is 22.6 Å². The summed E-state index contributed by atoms with van der Waals surface area (Å²) in [6.45, 7) is 8.40. The van der Waals surface area contributed by atoms with Crippen LogP contribution in [0.2, 0.25) is 0 Å². The first kappa shape index (κ1) is 15.7. The first-order valence-electron chi connectivity index (χ1n) is 6.21. The van der Waals surface area contributed by atoms with Gasteiger partial charge in [-0.1, -0.05) is 49.3 Å². The lowest BCUT2D eigenvalue weighted by Crippen LogP contribution is -2.23. The molecule has 0 aliphatic heterocycles. The van der Waals surface area contributed by atoms with Crippen LogP contribution in [0, 0.1) is 0 Å². The molecular formula is C12H26INO. The molecule has 0 fully saturated rings. The van der Waals surface area contributed by atoms with Crippen molar-refractivity contribution in [3.05, 3.63) is 0 Å². The van der Waals surface area contributed by atoms with Crippen molar-refractivity contribution in [1.82, 2.24) is 4.90 Å². The Morgan fingerprint density at radius 1 is 1.07 bits per heavy atom. The molecule has 1 N–H and O–H groups in total. The van der Waals surface area contributed by atoms with Crippen LogP contribution in [0.25, 0.3) is 0 Å². The Hall–Kier alpha value is 0.650. The Morgan fingerprint density at radius 2 is 1.73 bits per heavy atom. The number of hydrogen-bond acceptors (Lipinski definition) is 2. The fraction of sp³-hybridized carbons (Fsp3) is 1.00. The van der Waals surface area contributed by atoms with Gasteiger partial charge in [-0.2, -0.15) is 0 Å². The van der Waals surface area contributed by atoms with Gasteiger partial charge >= 0.3 is 0 Å². The second-order valence-corrected chi connectivity index (χ2v) is 5.75. The van der Waals surface area contributed by atoms with E-state index < -0.39 is 0 Å². The molecule has 0 aliphatic carbocycles. The molecule has 3 heteroatoms. The number of rotatable bonds is 10. The highest BCUT2D eigenvalue weighted by molar-refractivity contribution is 14.1. The van der Waals surface area contributed by atoms with Crippen molar-refractivity contribution < 1.29 is 5.11 Å². The summed E-state index contributed by atoms with van der Waals surface area (Å²) in [7, 11) is 0. The molecular weight excluding hydrogens is 301 g/mol. The molecule has 0 radical (unpaired) electrons. The standard InChI is InChI=1S/C12H26INO/c1-3-14(4-2)10-7-5-6-8-12(13)9-11-15/h12,15H,3-11H2,1-2H3/t12-/m1/s1. The van der Waals surface area contributed by atoms with Crippen molar-refractivity contribution in [1.29, 1.82) is 0 Å². The smallest absolute Gasteiger partial charge is 0.0441 e. The van der Waals surface area contributed by atoms with E-state index in [1.54, 1.807) is 0 Å². The largest absolute Gasteiger partial charge is 0.396 e. The molecule has 0 unspecified atom stereocenters. The van der Waals surface area contributed by atoms with Crippen molar-refractivity contribution in [3.8, 4) is 0 Å². The second kappa shape index (κ2) is 11.1. The number of unbranched alkanes of at least 4 members (excludes halogenated alkanes) is 2. The number of hydrogen-bond donors (Lipinski definition) is 1. The van der Waals surface area contributed by atoms with Gasteiger partial charge in [-0.15, -0.1) is 0 Å². The lowest BCUT2D eigenvalue weighted by Gasteiger charge is -2.17. The molecule has 92 valence electrons. The van der Waals surface area contributed by atoms with Gasteiger partial charge in [0.15, 0.2) is 0 Å². The predicted molar refractivity (Wildman–Crippen MR) is 75.8 cm³/mol. The summed E-state index contributed by atoms with van der Waals surface area (Å²) in [5, 5.41) is 8.76. The summed E-state index contributed by atoms with van der Waals surface area (Å²) >= 11 is 2.45. The molecule has 0 aromatic carbocycles. The van der Waals surface area contributed by atoms with Gasteiger partial charge in [-0.05, 0) is 38.9 Å². The topological polar surface area (TPSA) is 23.5 Å². The molecule has 1 atom stereocenters. The molecule has 0 aliphatic rings. The van der Waals surface area contributed by atoms with Crippen LogP contribution in [0.3, 0.4) is 0 Å². The Kier molecular flexibility index (Phi) is 11.6. The van der Waals surface area contributed by atoms with Gasteiger partial charge in [0.1, 0.15) is 0 Å². The van der Waals surface area contributed by atoms with Crippen LogP contribution in [0.5, 0.6) is 0 Å². The lowest BCUT2D eigenvalue weighted by atomic mass is 10.1. The number of alkyl halides is 1. The molecule has 0 heterocycles. The zero-order valence-corrected chi connectivity index (χ0v) is 12.4. The highest BCUT2D eigenvalue weighted by Gasteiger charge is 2.03. The Balaban J connectivity index is 3.23. The fourth-order valence-electron chi connectivity index (χ4n) is 1.70. The third-order valence-electron chi connectivity index (χ3n) is 2.83. The summed E-state index contributed by atoms with van der Waals surface area (Å²) < 4.78 is 0.668. The summed E-state index contributed by atoms with van der Waals surface area (Å²) in [6, 6.07) is 0. The van der Waals surface area contributed by atoms with E-state index >= 15 is 0 Å². The highest BCUT2D eigenvalue weighted by atomic mass is 127. The Bertz CT molecular complexity index is 129. The normalized spacial score (nSPS) is 13.4. The molecule has 0 spiro atoms. The number of aliphatic hydroxyl groups is 1. The maximum Gasteiger partial charge on any atom is 0.0441 e. The SMILES string of the molecule is CCN(CC)CCCCC[C@@H](I)CCO. The van der Waals surface area contributed by atoms with Crippen molar-refractivity contribution in [2.75, 3.05) is 26.2 Å². The molecule has 0 amide bonds. The molecule has 2 nitrogen and oxygen atoms in total. The van der Waals surface area contributed by atoms with Gasteiger partial charge in [-0.25, -0.2) is 0 Å². The third kappa shape index (κ3) is 9.57. The lowest BCUT2D eigenvalue weighted by molar-refractivity contribution is 0.284. The van der Waals surface area contributed by atoms with Gasteiger partial charge in [0, 0.05) is 10.5 Å². The van der Waals surface area contributed by atoms with Crippen LogP contribution in [-0.4, -0.2) is 40.2 Å². The maximum atomic E-state index is 8.76. The molecule has 0 aromatic heterocycles. The Morgan fingerprint density at radius 3 is 2.27 bits per heavy atom. The first-order chi connectivity index (χ1) is 7.24. The van der Waals surface area contributed by atoms with Gasteiger partial charge in [0.05, 0.1) is 0 Å². The van der Waals surface area contributed by atoms with Crippen LogP contribution in [-0.2, 0) is 0 Å². The van der Waals surface area contributed by atoms with E-state index in [0.29, 0.717) is 10.5 Å². The van der Waals surface area contributed by atoms with E-state index in [4.69, 9.17) is 5.11 Å². The molecule has 0 saturated heterocycles. The van der Waals surface area contributed by atoms with Crippen molar-refractivity contribution >= 4 is 22.6 Å². The average Bonchev–Trinajstić information content (AvgIpc) is 2.24. The van der Waals surface area contributed by atoms with E-state index in [-0.39, 0.29) is 0 Å². The predicted octanol–water partition coefficient (Wildman–Crippen LogP) is 3.07. The van der Waals surface area contributed by atoms with Crippen molar-refractivity contribution in [2.24, 2.45) is 0 Å². The van der Waals surface area contributed by atoms with Gasteiger partial charge in [0.2, 0.25) is 0 Å². The fourth-order valence-corrected chi connectivity index (χ4v) is 2.42. The number of nitrogens with zero attached hydrogens (tertiary/aromatic N) is 1. The number of halogens is 1. The van der Waals surface area contributed by atoms with Crippen LogP contribution < -0.4 is 0 Å². The molecule has 0 rings (SSSR count). The van der Waals surface area contributed by atoms with Crippen molar-refractivity contribution in [3.63, 3.8) is 0 Å². The van der Waals surface area contributed by atoms with E-state index in [1.807, 2.05) is 0 Å². The summed E-state index contributed by atoms with van der Waals surface area (Å²) in [6.07, 6.45) is 6.19. The monoisotopic (exact) mass is 327 g/mol. The first-order valence-corrected chi connectivity index (χ1v) is 7.46. The highest BCUT2D eigenvalue weighted by Crippen LogP contribution is 2.14. The molecule has 0 aromatic rings. The molecule has 15 heavy (non-hydrogen) atoms. The van der Waals surface area contributed by atoms with Crippen LogP contribution in [0.15, 0.2) is 0 Å². The van der Waals surface area contributed by atoms with Crippen molar-refractivity contribution in [2.45, 2.75) is 49.9 Å². The minimum atomic E-state index is 0.340. The van der Waals surface area contributed by atoms with E-state index in [2.05, 4.69) is 41.3 Å². The summed E-state index contributed by atoms with van der Waals surface area (Å²) in [5.74, 6) is 0. The van der Waals surface area contributed by atoms with Gasteiger partial charge < -0.3 is 10.0 Å². The van der Waals surface area contributed by atoms with E-state index in [9.17, 15) is 0 Å². The van der Waals surface area contributed by atoms with Crippen LogP contribution in [0.1, 0.15) is 46.0 Å². The van der Waals surface area contributed by atoms with Crippen LogP contribution in [0.4, 0.5) is 0 Å². The minimum Gasteiger partial charge on any atom is -0.396 e. The zero-order valence-electron chi connectivity index (χ0n) is 10.2. The zero-order chi connectivity index (χ0) is 11.5. The summed E-state index contributed by atoms with van der Waals surface area (Å²) in [5.41, 5.74) is 0. The third-order valence-corrected chi connectivity index (χ3v) is 4.07. The Labute approximate surface area is 109 Å². The maximum absolute atomic E-state index is 8.76. The second-order valence-electron chi connectivity index (χ2n) is 3.99. The minimum absolute atomic E-state index is 0.340. The molecule has 0 saturated carbocycles. The summed E-state index contributed by atoms with van der Waals surface area (Å²) in [4.78, 5) is 2.48. The van der Waals surface area contributed by atoms with Gasteiger partial charge in [0.25, 0.3) is 0 Å². The number of aliphatic hydroxyl groups excluding tert-OH is 1. The van der Waals surface area contributed by atoms with E-state index in [0.717, 1.165) is 6.42 Å². The molecule has 0 bridgehead atoms. The van der Waals surface area contributed by atoms with Gasteiger partial charge in [-0.3, -0.25) is 0 Å². The average molecular weight is 327 g/mol.